The van der Waals surface area contributed by atoms with E-state index < -0.39 is 72.5 Å². The first-order valence-corrected chi connectivity index (χ1v) is 31.8. The van der Waals surface area contributed by atoms with Crippen molar-refractivity contribution in [3.05, 3.63) is 394 Å². The Hall–Kier alpha value is -12.8. The van der Waals surface area contributed by atoms with Crippen LogP contribution in [0.25, 0.3) is 175 Å². The molecule has 1 nitrogen and oxygen atoms in total. The lowest BCUT2D eigenvalue weighted by atomic mass is 9.84. The number of pyridine rings is 1. The first-order chi connectivity index (χ1) is 58.7. The fraction of sp³-hybridized carbons (Fsp3) is 0. The van der Waals surface area contributed by atoms with Crippen molar-refractivity contribution < 1.29 is 32.9 Å². The Balaban J connectivity index is 0.000000131. The quantitative estimate of drug-likeness (QED) is 0.138. The van der Waals surface area contributed by atoms with E-state index in [0.717, 1.165) is 43.8 Å². The molecule has 0 aliphatic heterocycles. The highest BCUT2D eigenvalue weighted by Gasteiger charge is 2.22. The molecule has 19 aromatic rings. The molecule has 0 N–H and O–H groups in total. The van der Waals surface area contributed by atoms with E-state index in [-0.39, 0.29) is 137 Å². The SMILES string of the molecule is [2H]c1c([2H])c([2H])c2c(-c3ccc(-c4ccccc4)c4ccccc34)c3c([2H])c([2H])c([2H])c([2H])c3c(-c3ccccc3)c2c1[2H].[2H]c1c([2H])c([2H])c2c(-c3cccc4c(-c5ccccc5)cccc34)c3c([2H])c([2H])c([2H])c([2H])c3c(-c3ccccc3)c2c1[2H].[2H]c1c([2H])c([2H])c2c(-c3cccnc3)c3c([2H])c([2H])c([2H])c([2H])c3c(-c3ccccc3)c2c1[2H]. The van der Waals surface area contributed by atoms with Crippen LogP contribution in [-0.2, 0) is 0 Å². The van der Waals surface area contributed by atoms with Gasteiger partial charge in [-0.05, 0) is 176 Å². The second-order valence-electron chi connectivity index (χ2n) is 23.2. The van der Waals surface area contributed by atoms with E-state index in [1.807, 2.05) is 152 Å². The summed E-state index contributed by atoms with van der Waals surface area (Å²) >= 11 is 0. The lowest BCUT2D eigenvalue weighted by Gasteiger charge is -2.19. The van der Waals surface area contributed by atoms with Crippen LogP contribution in [0.1, 0.15) is 32.9 Å². The maximum Gasteiger partial charge on any atom is 0.0629 e. The summed E-state index contributed by atoms with van der Waals surface area (Å²) in [5.41, 5.74) is 9.51. The lowest BCUT2D eigenvalue weighted by molar-refractivity contribution is 1.33. The molecular weight excluding hydrogens is 1180 g/mol. The molecule has 0 unspecified atom stereocenters. The van der Waals surface area contributed by atoms with Gasteiger partial charge in [0.15, 0.2) is 0 Å². The smallest absolute Gasteiger partial charge is 0.0629 e. The predicted molar refractivity (Wildman–Crippen MR) is 421 cm³/mol. The van der Waals surface area contributed by atoms with Crippen molar-refractivity contribution in [2.75, 3.05) is 0 Å². The van der Waals surface area contributed by atoms with Gasteiger partial charge < -0.3 is 0 Å². The molecule has 0 saturated heterocycles. The van der Waals surface area contributed by atoms with Gasteiger partial charge in [0.2, 0.25) is 0 Å². The van der Waals surface area contributed by atoms with Gasteiger partial charge in [-0.1, -0.05) is 376 Å². The zero-order valence-electron chi connectivity index (χ0n) is 76.1. The number of benzene rings is 18. The molecule has 0 atom stereocenters. The maximum atomic E-state index is 9.17. The highest BCUT2D eigenvalue weighted by atomic mass is 14.6. The Morgan fingerprint density at radius 3 is 0.704 bits per heavy atom. The molecule has 458 valence electrons. The van der Waals surface area contributed by atoms with Crippen LogP contribution in [-0.4, -0.2) is 4.98 Å². The molecule has 1 heteroatoms. The van der Waals surface area contributed by atoms with Gasteiger partial charge in [0, 0.05) is 18.0 Å². The third kappa shape index (κ3) is 10.7. The standard InChI is InChI=1S/2C36H24.C25H17N/c1-3-13-25(14-4-1)27-21-11-23-29-28(27)22-12-24-30(29)36-33-19-9-7-17-31(33)35(26-15-5-2-6-16-26)32-18-8-10-20-34(32)36;1-3-13-25(14-4-1)27-23-24-34(29-18-8-7-17-28(27)29)36-32-21-11-9-19-30(32)35(26-15-5-2-6-16-26)31-20-10-12-22-33(31)36;1-2-9-18(10-3-1)24-20-12-4-6-14-22(20)25(19-11-8-16-26-17-19)23-15-7-5-13-21(23)24/h2*1-24H;1-17H/i7D,8D,9D,10D,17D,18D,19D,20D;9D,10D,11D,12D,19D,20D,21D,22D;4D,5D,6D,7D,12D,13D,14D,15D. The third-order valence-corrected chi connectivity index (χ3v) is 17.8. The minimum Gasteiger partial charge on any atom is -0.264 e. The van der Waals surface area contributed by atoms with Gasteiger partial charge in [-0.2, -0.15) is 0 Å². The van der Waals surface area contributed by atoms with Crippen LogP contribution in [0, 0.1) is 0 Å². The molecule has 0 saturated carbocycles. The minimum atomic E-state index is -0.415. The molecule has 0 spiro atoms. The van der Waals surface area contributed by atoms with E-state index in [1.54, 1.807) is 91.1 Å². The summed E-state index contributed by atoms with van der Waals surface area (Å²) in [6.45, 7) is 0. The highest BCUT2D eigenvalue weighted by Crippen LogP contribution is 2.49. The summed E-state index contributed by atoms with van der Waals surface area (Å²) in [5.74, 6) is 0. The first kappa shape index (κ1) is 38.5. The second-order valence-corrected chi connectivity index (χ2v) is 23.2. The maximum absolute atomic E-state index is 9.17. The van der Waals surface area contributed by atoms with E-state index >= 15 is 0 Å². The Kier molecular flexibility index (Phi) is 10.3. The summed E-state index contributed by atoms with van der Waals surface area (Å²) in [7, 11) is 0. The van der Waals surface area contributed by atoms with Crippen molar-refractivity contribution in [2.24, 2.45) is 0 Å². The van der Waals surface area contributed by atoms with Gasteiger partial charge in [-0.25, -0.2) is 0 Å². The molecule has 1 aromatic heterocycles. The third-order valence-electron chi connectivity index (χ3n) is 17.8. The van der Waals surface area contributed by atoms with Gasteiger partial charge in [-0.3, -0.25) is 4.98 Å². The number of aromatic nitrogens is 1. The van der Waals surface area contributed by atoms with Crippen molar-refractivity contribution in [3.8, 4) is 89.0 Å². The molecule has 0 bridgehead atoms. The lowest BCUT2D eigenvalue weighted by Crippen LogP contribution is -1.92. The molecule has 1 heterocycles. The summed E-state index contributed by atoms with van der Waals surface area (Å²) in [5, 5.41) is 5.90. The number of hydrogen-bond acceptors (Lipinski definition) is 1. The van der Waals surface area contributed by atoms with Crippen LogP contribution in [0.4, 0.5) is 0 Å². The van der Waals surface area contributed by atoms with Crippen LogP contribution >= 0.6 is 0 Å². The number of hydrogen-bond donors (Lipinski definition) is 0. The van der Waals surface area contributed by atoms with E-state index in [9.17, 15) is 5.48 Å². The first-order valence-electron chi connectivity index (χ1n) is 43.8. The van der Waals surface area contributed by atoms with Gasteiger partial charge in [-0.15, -0.1) is 0 Å². The Bertz CT molecular complexity index is 6980. The van der Waals surface area contributed by atoms with Crippen LogP contribution in [0.15, 0.2) is 394 Å². The van der Waals surface area contributed by atoms with Crippen LogP contribution in [0.2, 0.25) is 0 Å². The average Bonchev–Trinajstić information content (AvgIpc) is 0.749. The van der Waals surface area contributed by atoms with Gasteiger partial charge in [0.05, 0.1) is 32.9 Å². The molecule has 18 aromatic carbocycles. The summed E-state index contributed by atoms with van der Waals surface area (Å²) in [6, 6.07) is 65.3. The van der Waals surface area contributed by atoms with E-state index in [1.165, 1.54) is 6.20 Å². The number of fused-ring (bicyclic) bond motifs is 8. The van der Waals surface area contributed by atoms with Gasteiger partial charge >= 0.3 is 0 Å². The number of rotatable bonds is 8. The summed E-state index contributed by atoms with van der Waals surface area (Å²) in [6.07, 6.45) is 3.09. The molecule has 0 aliphatic carbocycles. The second kappa shape index (κ2) is 26.2. The molecule has 98 heavy (non-hydrogen) atoms. The highest BCUT2D eigenvalue weighted by molar-refractivity contribution is 6.26. The van der Waals surface area contributed by atoms with Gasteiger partial charge in [0.25, 0.3) is 0 Å². The summed E-state index contributed by atoms with van der Waals surface area (Å²) in [4.78, 5) is 4.16. The van der Waals surface area contributed by atoms with E-state index in [0.29, 0.717) is 66.8 Å². The van der Waals surface area contributed by atoms with Crippen molar-refractivity contribution in [3.63, 3.8) is 0 Å². The van der Waals surface area contributed by atoms with E-state index in [4.69, 9.17) is 27.4 Å². The monoisotopic (exact) mass is 1270 g/mol. The zero-order valence-corrected chi connectivity index (χ0v) is 52.1. The molecule has 0 aliphatic rings. The summed E-state index contributed by atoms with van der Waals surface area (Å²) < 4.78 is 210. The van der Waals surface area contributed by atoms with Crippen molar-refractivity contribution >= 4 is 86.2 Å². The minimum absolute atomic E-state index is 0.190. The zero-order chi connectivity index (χ0) is 86.0. The van der Waals surface area contributed by atoms with Crippen LogP contribution in [0.3, 0.4) is 0 Å². The van der Waals surface area contributed by atoms with Crippen LogP contribution < -0.4 is 0 Å². The molecule has 0 radical (unpaired) electrons. The Morgan fingerprint density at radius 2 is 0.388 bits per heavy atom. The topological polar surface area (TPSA) is 12.9 Å². The Morgan fingerprint density at radius 1 is 0.163 bits per heavy atom. The number of nitrogens with zero attached hydrogens (tertiary/aromatic N) is 1. The fourth-order valence-corrected chi connectivity index (χ4v) is 13.7. The van der Waals surface area contributed by atoms with E-state index in [2.05, 4.69) is 4.98 Å². The average molecular weight is 1270 g/mol. The molecule has 19 rings (SSSR count). The van der Waals surface area contributed by atoms with Crippen molar-refractivity contribution in [2.45, 2.75) is 0 Å². The molecule has 0 fully saturated rings. The fourth-order valence-electron chi connectivity index (χ4n) is 13.7. The van der Waals surface area contributed by atoms with Crippen molar-refractivity contribution in [1.29, 1.82) is 0 Å². The van der Waals surface area contributed by atoms with Crippen molar-refractivity contribution in [1.82, 2.24) is 4.98 Å². The normalized spacial score (nSPS) is 14.7. The molecular formula is C97H65N. The molecule has 0 amide bonds. The Labute approximate surface area is 604 Å². The predicted octanol–water partition coefficient (Wildman–Crippen LogP) is 27.0. The van der Waals surface area contributed by atoms with Gasteiger partial charge in [0.1, 0.15) is 0 Å². The van der Waals surface area contributed by atoms with Crippen LogP contribution in [0.5, 0.6) is 0 Å². The largest absolute Gasteiger partial charge is 0.264 e.